The predicted octanol–water partition coefficient (Wildman–Crippen LogP) is 18.9. The average Bonchev–Trinajstić information content (AvgIpc) is 3.55. The lowest BCUT2D eigenvalue weighted by molar-refractivity contribution is 0.732. The van der Waals surface area contributed by atoms with E-state index in [1.54, 1.807) is 0 Å². The van der Waals surface area contributed by atoms with Gasteiger partial charge < -0.3 is 4.90 Å². The minimum absolute atomic E-state index is 0.527. The SMILES string of the molecule is C/C=C(C)\C(C)=C/CC.C=C(/C=C1\C(=C/C)C=Cc2ccc(C)cc2C12c1ccccc1-c1ccccc12)N(c1ccc(C)c(C)c1)c1ccc(C)c(C)c1.CCC(C)c1ccc(C)c(C)c1. The number of hydrogen-bond acceptors (Lipinski definition) is 1. The van der Waals surface area contributed by atoms with E-state index >= 15 is 0 Å². The zero-order valence-corrected chi connectivity index (χ0v) is 43.2. The van der Waals surface area contributed by atoms with Crippen molar-refractivity contribution in [2.24, 2.45) is 0 Å². The third-order valence-corrected chi connectivity index (χ3v) is 14.4. The van der Waals surface area contributed by atoms with Gasteiger partial charge in [-0.2, -0.15) is 0 Å². The fourth-order valence-corrected chi connectivity index (χ4v) is 9.47. The van der Waals surface area contributed by atoms with Crippen LogP contribution in [0.2, 0.25) is 0 Å². The van der Waals surface area contributed by atoms with Crippen LogP contribution in [0.4, 0.5) is 11.4 Å². The van der Waals surface area contributed by atoms with Crippen molar-refractivity contribution in [2.45, 2.75) is 121 Å². The van der Waals surface area contributed by atoms with Gasteiger partial charge in [-0.1, -0.05) is 172 Å². The van der Waals surface area contributed by atoms with Crippen LogP contribution in [0.15, 0.2) is 186 Å². The van der Waals surface area contributed by atoms with E-state index in [1.165, 1.54) is 107 Å². The summed E-state index contributed by atoms with van der Waals surface area (Å²) in [6, 6.07) is 45.1. The van der Waals surface area contributed by atoms with Gasteiger partial charge in [-0.25, -0.2) is 0 Å². The first kappa shape index (κ1) is 50.0. The molecule has 8 rings (SSSR count). The number of anilines is 2. The molecule has 1 nitrogen and oxygen atoms in total. The second kappa shape index (κ2) is 21.9. The van der Waals surface area contributed by atoms with Crippen molar-refractivity contribution in [3.05, 3.63) is 253 Å². The number of rotatable bonds is 8. The minimum Gasteiger partial charge on any atom is -0.311 e. The molecule has 0 aromatic heterocycles. The second-order valence-corrected chi connectivity index (χ2v) is 18.9. The highest BCUT2D eigenvalue weighted by molar-refractivity contribution is 5.90. The lowest BCUT2D eigenvalue weighted by Crippen LogP contribution is -2.31. The van der Waals surface area contributed by atoms with E-state index in [0.717, 1.165) is 23.5 Å². The Labute approximate surface area is 405 Å². The van der Waals surface area contributed by atoms with Crippen molar-refractivity contribution in [2.75, 3.05) is 4.90 Å². The number of nitrogens with zero attached hydrogens (tertiary/aromatic N) is 1. The Morgan fingerprint density at radius 1 is 0.597 bits per heavy atom. The number of hydrogen-bond donors (Lipinski definition) is 0. The molecule has 0 saturated heterocycles. The van der Waals surface area contributed by atoms with Gasteiger partial charge in [0.15, 0.2) is 0 Å². The molecule has 0 radical (unpaired) electrons. The maximum absolute atomic E-state index is 4.84. The predicted molar refractivity (Wildman–Crippen MR) is 295 cm³/mol. The van der Waals surface area contributed by atoms with Crippen LogP contribution in [0, 0.1) is 48.5 Å². The highest BCUT2D eigenvalue weighted by Crippen LogP contribution is 2.60. The normalized spacial score (nSPS) is 15.1. The highest BCUT2D eigenvalue weighted by atomic mass is 15.1. The van der Waals surface area contributed by atoms with Crippen LogP contribution in [0.5, 0.6) is 0 Å². The van der Waals surface area contributed by atoms with Gasteiger partial charge >= 0.3 is 0 Å². The van der Waals surface area contributed by atoms with E-state index in [2.05, 4.69) is 260 Å². The van der Waals surface area contributed by atoms with Gasteiger partial charge in [0.2, 0.25) is 0 Å². The molecule has 344 valence electrons. The van der Waals surface area contributed by atoms with Crippen molar-refractivity contribution in [3.8, 4) is 11.1 Å². The molecule has 0 bridgehead atoms. The van der Waals surface area contributed by atoms with Gasteiger partial charge in [0.05, 0.1) is 5.41 Å². The molecule has 0 heterocycles. The van der Waals surface area contributed by atoms with E-state index in [4.69, 9.17) is 6.58 Å². The molecular formula is C66H75N. The summed E-state index contributed by atoms with van der Waals surface area (Å²) in [7, 11) is 0. The Morgan fingerprint density at radius 2 is 1.13 bits per heavy atom. The van der Waals surface area contributed by atoms with Gasteiger partial charge in [0, 0.05) is 17.1 Å². The molecule has 0 N–H and O–H groups in total. The van der Waals surface area contributed by atoms with Crippen molar-refractivity contribution in [3.63, 3.8) is 0 Å². The van der Waals surface area contributed by atoms with Crippen molar-refractivity contribution >= 4 is 17.5 Å². The maximum atomic E-state index is 4.84. The topological polar surface area (TPSA) is 3.24 Å². The van der Waals surface area contributed by atoms with Gasteiger partial charge in [-0.05, 0) is 209 Å². The lowest BCUT2D eigenvalue weighted by Gasteiger charge is -2.37. The average molecular weight is 882 g/mol. The summed E-state index contributed by atoms with van der Waals surface area (Å²) in [5, 5.41) is 0. The molecular weight excluding hydrogens is 807 g/mol. The summed E-state index contributed by atoms with van der Waals surface area (Å²) >= 11 is 0. The number of aryl methyl sites for hydroxylation is 7. The van der Waals surface area contributed by atoms with Crippen molar-refractivity contribution in [1.29, 1.82) is 0 Å². The molecule has 0 fully saturated rings. The molecule has 6 aromatic carbocycles. The molecule has 1 unspecified atom stereocenters. The van der Waals surface area contributed by atoms with Crippen molar-refractivity contribution < 1.29 is 0 Å². The molecule has 1 spiro atoms. The Bertz CT molecular complexity index is 2820. The molecule has 0 aliphatic heterocycles. The quantitative estimate of drug-likeness (QED) is 0.138. The molecule has 0 amide bonds. The van der Waals surface area contributed by atoms with E-state index in [0.29, 0.717) is 5.92 Å². The standard InChI is InChI=1S/C45H41N.C12H18.C9H16/c1-8-35-21-22-36-20-17-29(2)25-43(36)45(41-15-11-9-13-39(41)40-14-10-12-16-42(40)45)44(35)28-34(7)46(37-23-18-30(3)32(5)26-37)38-24-19-31(4)33(6)27-38;1-5-9(2)12-7-6-10(3)11(4)8-12;1-5-7-9(4)8(3)6-2/h8-28H,7H2,1-6H3;6-9H,5H2,1-4H3;6-7H,5H2,1-4H3/b35-8-,44-28+;;8-6-,9-7-. The Morgan fingerprint density at radius 3 is 1.63 bits per heavy atom. The molecule has 67 heavy (non-hydrogen) atoms. The fourth-order valence-electron chi connectivity index (χ4n) is 9.47. The zero-order chi connectivity index (χ0) is 48.6. The third-order valence-electron chi connectivity index (χ3n) is 14.4. The van der Waals surface area contributed by atoms with Crippen LogP contribution in [-0.4, -0.2) is 0 Å². The monoisotopic (exact) mass is 882 g/mol. The Hall–Kier alpha value is -6.44. The van der Waals surface area contributed by atoms with Crippen LogP contribution in [0.3, 0.4) is 0 Å². The van der Waals surface area contributed by atoms with E-state index in [9.17, 15) is 0 Å². The third kappa shape index (κ3) is 10.4. The first-order chi connectivity index (χ1) is 32.1. The summed E-state index contributed by atoms with van der Waals surface area (Å²) in [4.78, 5) is 2.32. The zero-order valence-electron chi connectivity index (χ0n) is 43.2. The largest absolute Gasteiger partial charge is 0.311 e. The smallest absolute Gasteiger partial charge is 0.0725 e. The molecule has 1 atom stereocenters. The molecule has 2 aliphatic carbocycles. The van der Waals surface area contributed by atoms with E-state index in [-0.39, 0.29) is 0 Å². The van der Waals surface area contributed by atoms with Crippen LogP contribution >= 0.6 is 0 Å². The van der Waals surface area contributed by atoms with E-state index < -0.39 is 5.41 Å². The fraction of sp³-hybridized carbons (Fsp3) is 0.273. The molecule has 0 saturated carbocycles. The Kier molecular flexibility index (Phi) is 16.3. The van der Waals surface area contributed by atoms with Crippen LogP contribution < -0.4 is 4.90 Å². The summed E-state index contributed by atoms with van der Waals surface area (Å²) < 4.78 is 0. The first-order valence-electron chi connectivity index (χ1n) is 24.5. The molecule has 2 aliphatic rings. The summed E-state index contributed by atoms with van der Waals surface area (Å²) in [5.41, 5.74) is 26.2. The van der Waals surface area contributed by atoms with Crippen molar-refractivity contribution in [1.82, 2.24) is 0 Å². The number of allylic oxidation sites excluding steroid dienone is 9. The van der Waals surface area contributed by atoms with Gasteiger partial charge in [0.1, 0.15) is 0 Å². The molecule has 6 aromatic rings. The minimum atomic E-state index is -0.527. The van der Waals surface area contributed by atoms with Gasteiger partial charge in [-0.15, -0.1) is 0 Å². The maximum Gasteiger partial charge on any atom is 0.0725 e. The lowest BCUT2D eigenvalue weighted by atomic mass is 9.64. The number of fused-ring (bicyclic) bond motifs is 7. The molecule has 1 heteroatoms. The summed E-state index contributed by atoms with van der Waals surface area (Å²) in [6.07, 6.45) is 16.0. The second-order valence-electron chi connectivity index (χ2n) is 18.9. The first-order valence-corrected chi connectivity index (χ1v) is 24.5. The summed E-state index contributed by atoms with van der Waals surface area (Å²) in [6.45, 7) is 35.3. The van der Waals surface area contributed by atoms with Gasteiger partial charge in [0.25, 0.3) is 0 Å². The van der Waals surface area contributed by atoms with Gasteiger partial charge in [-0.3, -0.25) is 0 Å². The Balaban J connectivity index is 0.000000291. The van der Waals surface area contributed by atoms with Crippen LogP contribution in [0.25, 0.3) is 17.2 Å². The van der Waals surface area contributed by atoms with Crippen LogP contribution in [0.1, 0.15) is 134 Å². The number of benzene rings is 6. The van der Waals surface area contributed by atoms with Crippen LogP contribution in [-0.2, 0) is 5.41 Å². The van der Waals surface area contributed by atoms with E-state index in [1.807, 2.05) is 0 Å². The highest BCUT2D eigenvalue weighted by Gasteiger charge is 2.49. The summed E-state index contributed by atoms with van der Waals surface area (Å²) in [5.74, 6) is 0.698.